The van der Waals surface area contributed by atoms with Crippen LogP contribution in [0.3, 0.4) is 0 Å². The molecule has 1 aliphatic rings. The number of carbonyl (C=O) groups excluding carboxylic acids is 2. The van der Waals surface area contributed by atoms with Gasteiger partial charge < -0.3 is 20.1 Å². The van der Waals surface area contributed by atoms with Crippen molar-refractivity contribution < 1.29 is 24.0 Å². The van der Waals surface area contributed by atoms with E-state index in [4.69, 9.17) is 9.47 Å². The van der Waals surface area contributed by atoms with Crippen LogP contribution in [0.4, 0.5) is 10.5 Å². The predicted molar refractivity (Wildman–Crippen MR) is 115 cm³/mol. The summed E-state index contributed by atoms with van der Waals surface area (Å²) in [4.78, 5) is 35.2. The highest BCUT2D eigenvalue weighted by Gasteiger charge is 2.25. The van der Waals surface area contributed by atoms with E-state index in [0.29, 0.717) is 18.1 Å². The van der Waals surface area contributed by atoms with Crippen LogP contribution in [0.25, 0.3) is 0 Å². The van der Waals surface area contributed by atoms with Gasteiger partial charge in [-0.25, -0.2) is 4.79 Å². The van der Waals surface area contributed by atoms with Gasteiger partial charge in [-0.2, -0.15) is 0 Å². The second-order valence-corrected chi connectivity index (χ2v) is 8.88. The van der Waals surface area contributed by atoms with Gasteiger partial charge in [0.15, 0.2) is 0 Å². The van der Waals surface area contributed by atoms with Crippen molar-refractivity contribution in [2.24, 2.45) is 5.92 Å². The van der Waals surface area contributed by atoms with Gasteiger partial charge in [0.2, 0.25) is 5.91 Å². The molecule has 31 heavy (non-hydrogen) atoms. The molecular weight excluding hydrogens is 402 g/mol. The Kier molecular flexibility index (Phi) is 9.23. The molecule has 1 aromatic rings. The fourth-order valence-corrected chi connectivity index (χ4v) is 3.39. The fraction of sp³-hybridized carbons (Fsp3) is 0.636. The molecule has 1 atom stereocenters. The van der Waals surface area contributed by atoms with Crippen molar-refractivity contribution in [2.75, 3.05) is 13.2 Å². The Hall–Kier alpha value is -2.68. The summed E-state index contributed by atoms with van der Waals surface area (Å²) in [5, 5.41) is 16.1. The van der Waals surface area contributed by atoms with E-state index in [2.05, 4.69) is 10.6 Å². The molecule has 0 saturated heterocycles. The van der Waals surface area contributed by atoms with Crippen LogP contribution in [0.1, 0.15) is 58.4 Å². The maximum absolute atomic E-state index is 12.7. The summed E-state index contributed by atoms with van der Waals surface area (Å²) in [6, 6.07) is 5.01. The maximum atomic E-state index is 12.7. The molecular formula is C22H33N3O6. The minimum atomic E-state index is -0.906. The van der Waals surface area contributed by atoms with E-state index in [0.717, 1.165) is 12.8 Å². The van der Waals surface area contributed by atoms with Crippen molar-refractivity contribution >= 4 is 17.7 Å². The number of hydrogen-bond donors (Lipinski definition) is 2. The number of non-ortho nitro benzene ring substituents is 1. The normalized spacial score (nSPS) is 15.7. The first-order valence-corrected chi connectivity index (χ1v) is 10.7. The second kappa shape index (κ2) is 11.6. The summed E-state index contributed by atoms with van der Waals surface area (Å²) in [6.07, 6.45) is 5.20. The molecule has 2 rings (SSSR count). The van der Waals surface area contributed by atoms with Crippen LogP contribution in [-0.2, 0) is 20.8 Å². The van der Waals surface area contributed by atoms with Gasteiger partial charge in [0.25, 0.3) is 5.69 Å². The molecule has 0 spiro atoms. The summed E-state index contributed by atoms with van der Waals surface area (Å²) in [5.41, 5.74) is 0.000979. The smallest absolute Gasteiger partial charge is 0.408 e. The van der Waals surface area contributed by atoms with E-state index in [1.807, 2.05) is 0 Å². The molecule has 0 aromatic heterocycles. The zero-order valence-electron chi connectivity index (χ0n) is 18.5. The minimum Gasteiger partial charge on any atom is -0.444 e. The highest BCUT2D eigenvalue weighted by Crippen LogP contribution is 2.23. The Morgan fingerprint density at radius 3 is 2.39 bits per heavy atom. The zero-order chi connectivity index (χ0) is 22.9. The molecule has 1 aromatic carbocycles. The number of nitro benzene ring substituents is 1. The first-order chi connectivity index (χ1) is 14.6. The van der Waals surface area contributed by atoms with Crippen LogP contribution in [-0.4, -0.2) is 41.8 Å². The largest absolute Gasteiger partial charge is 0.444 e. The van der Waals surface area contributed by atoms with E-state index in [-0.39, 0.29) is 18.8 Å². The van der Waals surface area contributed by atoms with Gasteiger partial charge >= 0.3 is 6.09 Å². The van der Waals surface area contributed by atoms with Crippen LogP contribution in [0.2, 0.25) is 0 Å². The minimum absolute atomic E-state index is 0.0179. The van der Waals surface area contributed by atoms with E-state index in [1.165, 1.54) is 31.4 Å². The lowest BCUT2D eigenvalue weighted by atomic mass is 9.90. The number of rotatable bonds is 9. The summed E-state index contributed by atoms with van der Waals surface area (Å²) in [6.45, 7) is 6.01. The Morgan fingerprint density at radius 1 is 1.16 bits per heavy atom. The highest BCUT2D eigenvalue weighted by molar-refractivity contribution is 5.85. The molecule has 172 valence electrons. The van der Waals surface area contributed by atoms with Gasteiger partial charge in [-0.05, 0) is 45.1 Å². The molecule has 1 aliphatic carbocycles. The molecule has 0 radical (unpaired) electrons. The lowest BCUT2D eigenvalue weighted by Gasteiger charge is -2.25. The Labute approximate surface area is 183 Å². The van der Waals surface area contributed by atoms with Gasteiger partial charge in [-0.1, -0.05) is 31.4 Å². The van der Waals surface area contributed by atoms with Crippen LogP contribution >= 0.6 is 0 Å². The summed E-state index contributed by atoms with van der Waals surface area (Å²) in [5.74, 6) is 0.0759. The topological polar surface area (TPSA) is 120 Å². The van der Waals surface area contributed by atoms with Crippen molar-refractivity contribution in [3.05, 3.63) is 39.9 Å². The monoisotopic (exact) mass is 435 g/mol. The number of nitrogens with one attached hydrogen (secondary N) is 2. The van der Waals surface area contributed by atoms with Gasteiger partial charge in [0.1, 0.15) is 11.6 Å². The van der Waals surface area contributed by atoms with E-state index in [1.54, 1.807) is 32.9 Å². The third kappa shape index (κ3) is 9.33. The molecule has 9 heteroatoms. The number of ether oxygens (including phenoxy) is 2. The Morgan fingerprint density at radius 2 is 1.81 bits per heavy atom. The standard InChI is InChI=1S/C22H33N3O6/c1-22(2,3)31-21(27)24-19(15-30-14-17-7-5-4-6-8-17)20(26)23-13-16-9-11-18(12-10-16)25(28)29/h9-12,17,19H,4-8,13-15H2,1-3H3,(H,23,26)(H,24,27)/t19-/m1/s1. The average molecular weight is 436 g/mol. The molecule has 0 heterocycles. The number of nitro groups is 1. The van der Waals surface area contributed by atoms with Crippen LogP contribution in [0.5, 0.6) is 0 Å². The molecule has 0 bridgehead atoms. The SMILES string of the molecule is CC(C)(C)OC(=O)N[C@H](COCC1CCCCC1)C(=O)NCc1ccc([N+](=O)[O-])cc1. The van der Waals surface area contributed by atoms with Gasteiger partial charge in [0, 0.05) is 25.3 Å². The zero-order valence-corrected chi connectivity index (χ0v) is 18.5. The third-order valence-electron chi connectivity index (χ3n) is 4.98. The number of nitrogens with zero attached hydrogens (tertiary/aromatic N) is 1. The van der Waals surface area contributed by atoms with Crippen molar-refractivity contribution in [2.45, 2.75) is 71.1 Å². The fourth-order valence-electron chi connectivity index (χ4n) is 3.39. The number of benzene rings is 1. The average Bonchev–Trinajstić information content (AvgIpc) is 2.71. The Balaban J connectivity index is 1.91. The van der Waals surface area contributed by atoms with Gasteiger partial charge in [-0.3, -0.25) is 14.9 Å². The van der Waals surface area contributed by atoms with Crippen molar-refractivity contribution in [1.29, 1.82) is 0 Å². The molecule has 2 amide bonds. The number of carbonyl (C=O) groups is 2. The van der Waals surface area contributed by atoms with E-state index in [9.17, 15) is 19.7 Å². The van der Waals surface area contributed by atoms with Crippen molar-refractivity contribution in [3.8, 4) is 0 Å². The quantitative estimate of drug-likeness (QED) is 0.451. The van der Waals surface area contributed by atoms with Gasteiger partial charge in [-0.15, -0.1) is 0 Å². The van der Waals surface area contributed by atoms with Crippen LogP contribution < -0.4 is 10.6 Å². The number of alkyl carbamates (subject to hydrolysis) is 1. The van der Waals surface area contributed by atoms with Crippen molar-refractivity contribution in [1.82, 2.24) is 10.6 Å². The molecule has 2 N–H and O–H groups in total. The molecule has 9 nitrogen and oxygen atoms in total. The number of hydrogen-bond acceptors (Lipinski definition) is 6. The maximum Gasteiger partial charge on any atom is 0.408 e. The van der Waals surface area contributed by atoms with Crippen LogP contribution in [0.15, 0.2) is 24.3 Å². The van der Waals surface area contributed by atoms with Crippen molar-refractivity contribution in [3.63, 3.8) is 0 Å². The summed E-state index contributed by atoms with van der Waals surface area (Å²) >= 11 is 0. The Bertz CT molecular complexity index is 739. The molecule has 0 unspecified atom stereocenters. The van der Waals surface area contributed by atoms with E-state index >= 15 is 0 Å². The molecule has 1 saturated carbocycles. The highest BCUT2D eigenvalue weighted by atomic mass is 16.6. The molecule has 0 aliphatic heterocycles. The first kappa shape index (κ1) is 24.6. The lowest BCUT2D eigenvalue weighted by molar-refractivity contribution is -0.384. The first-order valence-electron chi connectivity index (χ1n) is 10.7. The van der Waals surface area contributed by atoms with Gasteiger partial charge in [0.05, 0.1) is 11.5 Å². The summed E-state index contributed by atoms with van der Waals surface area (Å²) in [7, 11) is 0. The predicted octanol–water partition coefficient (Wildman–Crippen LogP) is 3.70. The lowest BCUT2D eigenvalue weighted by Crippen LogP contribution is -2.50. The second-order valence-electron chi connectivity index (χ2n) is 8.88. The number of amides is 2. The van der Waals surface area contributed by atoms with Crippen LogP contribution in [0, 0.1) is 16.0 Å². The summed E-state index contributed by atoms with van der Waals surface area (Å²) < 4.78 is 11.0. The molecule has 1 fully saturated rings. The third-order valence-corrected chi connectivity index (χ3v) is 4.98. The van der Waals surface area contributed by atoms with E-state index < -0.39 is 28.6 Å².